The zero-order valence-corrected chi connectivity index (χ0v) is 25.9. The van der Waals surface area contributed by atoms with E-state index in [0.717, 1.165) is 8.47 Å². The molecule has 0 radical (unpaired) electrons. The molecule has 0 bridgehead atoms. The van der Waals surface area contributed by atoms with E-state index in [9.17, 15) is 24.3 Å². The second-order valence-electron chi connectivity index (χ2n) is 10.7. The van der Waals surface area contributed by atoms with E-state index < -0.39 is 51.1 Å². The van der Waals surface area contributed by atoms with Gasteiger partial charge in [-0.15, -0.1) is 23.2 Å². The lowest BCUT2D eigenvalue weighted by Crippen LogP contribution is -2.60. The summed E-state index contributed by atoms with van der Waals surface area (Å²) in [5.74, 6) is -5.40. The summed E-state index contributed by atoms with van der Waals surface area (Å²) >= 11 is 16.5. The van der Waals surface area contributed by atoms with Crippen molar-refractivity contribution in [3.8, 4) is 17.2 Å². The van der Waals surface area contributed by atoms with Crippen molar-refractivity contribution < 1.29 is 33.8 Å². The van der Waals surface area contributed by atoms with E-state index in [-0.39, 0.29) is 35.8 Å². The molecule has 2 aromatic rings. The summed E-state index contributed by atoms with van der Waals surface area (Å²) in [6.07, 6.45) is 1.87. The summed E-state index contributed by atoms with van der Waals surface area (Å²) in [7, 11) is 4.13. The SMILES string of the molecule is COc1cc(O)c(C2C3=CCC4C(=O)N(c5ccc(I)cc5)C(=O)C4C3CC3(Cl)C(=O)N(C)C(=O)C23Cl)c(OC)c1. The number of alkyl halides is 2. The molecule has 2 aliphatic heterocycles. The molecule has 0 aromatic heterocycles. The topological polar surface area (TPSA) is 113 Å². The molecular weight excluding hydrogens is 686 g/mol. The molecule has 4 aliphatic rings. The number of anilines is 1. The number of allylic oxidation sites excluding steroid dienone is 2. The number of carbonyl (C=O) groups excluding carboxylic acids is 4. The molecule has 2 heterocycles. The van der Waals surface area contributed by atoms with Crippen molar-refractivity contribution >= 4 is 75.1 Å². The average Bonchev–Trinajstić information content (AvgIpc) is 3.28. The Balaban J connectivity index is 1.55. The lowest BCUT2D eigenvalue weighted by Gasteiger charge is -2.51. The lowest BCUT2D eigenvalue weighted by molar-refractivity contribution is -0.138. The Morgan fingerprint density at radius 3 is 2.29 bits per heavy atom. The highest BCUT2D eigenvalue weighted by Gasteiger charge is 2.76. The van der Waals surface area contributed by atoms with Crippen molar-refractivity contribution in [2.45, 2.75) is 28.5 Å². The highest BCUT2D eigenvalue weighted by Crippen LogP contribution is 2.67. The number of ether oxygens (including phenoxy) is 2. The normalized spacial score (nSPS) is 32.5. The molecule has 41 heavy (non-hydrogen) atoms. The number of likely N-dealkylation sites (tertiary alicyclic amines) is 1. The van der Waals surface area contributed by atoms with Crippen LogP contribution in [0.25, 0.3) is 0 Å². The van der Waals surface area contributed by atoms with Gasteiger partial charge in [-0.25, -0.2) is 0 Å². The van der Waals surface area contributed by atoms with Crippen molar-refractivity contribution in [3.63, 3.8) is 0 Å². The minimum Gasteiger partial charge on any atom is -0.507 e. The molecule has 9 nitrogen and oxygen atoms in total. The number of benzene rings is 2. The average molecular weight is 711 g/mol. The fraction of sp³-hybridized carbons (Fsp3) is 0.379. The summed E-state index contributed by atoms with van der Waals surface area (Å²) in [5.41, 5.74) is 1.15. The van der Waals surface area contributed by atoms with E-state index in [1.807, 2.05) is 12.1 Å². The molecule has 2 aliphatic carbocycles. The van der Waals surface area contributed by atoms with Gasteiger partial charge in [-0.3, -0.25) is 29.0 Å². The molecule has 2 saturated heterocycles. The summed E-state index contributed by atoms with van der Waals surface area (Å²) in [6.45, 7) is 0. The van der Waals surface area contributed by atoms with Crippen LogP contribution in [0.15, 0.2) is 48.0 Å². The predicted octanol–water partition coefficient (Wildman–Crippen LogP) is 4.21. The summed E-state index contributed by atoms with van der Waals surface area (Å²) < 4.78 is 11.9. The molecule has 1 saturated carbocycles. The molecule has 2 aromatic carbocycles. The van der Waals surface area contributed by atoms with Crippen molar-refractivity contribution in [1.29, 1.82) is 0 Å². The fourth-order valence-electron chi connectivity index (χ4n) is 7.07. The van der Waals surface area contributed by atoms with Gasteiger partial charge in [-0.05, 0) is 65.6 Å². The first kappa shape index (κ1) is 28.3. The van der Waals surface area contributed by atoms with Crippen LogP contribution in [-0.2, 0) is 19.2 Å². The summed E-state index contributed by atoms with van der Waals surface area (Å²) in [5, 5.41) is 11.3. The Kier molecular flexibility index (Phi) is 6.63. The van der Waals surface area contributed by atoms with Gasteiger partial charge in [0, 0.05) is 34.2 Å². The first-order chi connectivity index (χ1) is 19.4. The molecule has 0 spiro atoms. The highest BCUT2D eigenvalue weighted by molar-refractivity contribution is 14.1. The number of carbonyl (C=O) groups is 4. The number of fused-ring (bicyclic) bond motifs is 4. The van der Waals surface area contributed by atoms with Crippen LogP contribution in [0.2, 0.25) is 0 Å². The van der Waals surface area contributed by atoms with Gasteiger partial charge in [-0.1, -0.05) is 11.6 Å². The number of rotatable bonds is 4. The number of hydrogen-bond acceptors (Lipinski definition) is 7. The van der Waals surface area contributed by atoms with Gasteiger partial charge in [0.05, 0.1) is 31.7 Å². The number of methoxy groups -OCH3 is 2. The van der Waals surface area contributed by atoms with Gasteiger partial charge < -0.3 is 14.6 Å². The number of amides is 4. The van der Waals surface area contributed by atoms with Crippen LogP contribution in [0.1, 0.15) is 24.3 Å². The quantitative estimate of drug-likeness (QED) is 0.219. The number of phenols is 1. The molecule has 1 N–H and O–H groups in total. The Labute approximate surface area is 259 Å². The van der Waals surface area contributed by atoms with E-state index in [2.05, 4.69) is 22.6 Å². The molecule has 12 heteroatoms. The van der Waals surface area contributed by atoms with Crippen molar-refractivity contribution in [2.24, 2.45) is 17.8 Å². The molecule has 6 atom stereocenters. The van der Waals surface area contributed by atoms with Crippen LogP contribution in [0.4, 0.5) is 5.69 Å². The van der Waals surface area contributed by atoms with Gasteiger partial charge in [-0.2, -0.15) is 0 Å². The van der Waals surface area contributed by atoms with E-state index in [0.29, 0.717) is 17.0 Å². The summed E-state index contributed by atoms with van der Waals surface area (Å²) in [4.78, 5) is 53.1. The van der Waals surface area contributed by atoms with Crippen LogP contribution in [0.3, 0.4) is 0 Å². The second kappa shape index (κ2) is 9.60. The van der Waals surface area contributed by atoms with E-state index >= 15 is 0 Å². The number of imide groups is 2. The van der Waals surface area contributed by atoms with Crippen LogP contribution in [0, 0.1) is 21.3 Å². The Morgan fingerprint density at radius 2 is 1.66 bits per heavy atom. The molecule has 214 valence electrons. The molecule has 4 amide bonds. The third-order valence-corrected chi connectivity index (χ3v) is 11.1. The van der Waals surface area contributed by atoms with Crippen molar-refractivity contribution in [2.75, 3.05) is 26.2 Å². The Morgan fingerprint density at radius 1 is 0.976 bits per heavy atom. The fourth-order valence-corrected chi connectivity index (χ4v) is 8.43. The zero-order valence-electron chi connectivity index (χ0n) is 22.2. The highest BCUT2D eigenvalue weighted by atomic mass is 127. The van der Waals surface area contributed by atoms with Crippen molar-refractivity contribution in [3.05, 3.63) is 57.2 Å². The third kappa shape index (κ3) is 3.65. The van der Waals surface area contributed by atoms with Crippen LogP contribution < -0.4 is 14.4 Å². The Bertz CT molecular complexity index is 1560. The maximum atomic E-state index is 14.0. The molecule has 6 rings (SSSR count). The first-order valence-corrected chi connectivity index (χ1v) is 14.7. The number of hydrogen-bond donors (Lipinski definition) is 1. The maximum absolute atomic E-state index is 14.0. The smallest absolute Gasteiger partial charge is 0.253 e. The predicted molar refractivity (Wildman–Crippen MR) is 158 cm³/mol. The van der Waals surface area contributed by atoms with Crippen LogP contribution in [0.5, 0.6) is 17.2 Å². The largest absolute Gasteiger partial charge is 0.507 e. The van der Waals surface area contributed by atoms with Crippen LogP contribution >= 0.6 is 45.8 Å². The van der Waals surface area contributed by atoms with E-state index in [1.54, 1.807) is 18.2 Å². The molecule has 3 fully saturated rings. The minimum absolute atomic E-state index is 0.144. The molecule has 6 unspecified atom stereocenters. The van der Waals surface area contributed by atoms with Gasteiger partial charge in [0.1, 0.15) is 17.2 Å². The molecular formula is C29H25Cl2IN2O7. The van der Waals surface area contributed by atoms with E-state index in [1.165, 1.54) is 38.3 Å². The monoisotopic (exact) mass is 710 g/mol. The number of phenolic OH excluding ortho intramolecular Hbond substituents is 1. The zero-order chi connectivity index (χ0) is 29.6. The van der Waals surface area contributed by atoms with Gasteiger partial charge in [0.15, 0.2) is 9.75 Å². The maximum Gasteiger partial charge on any atom is 0.253 e. The van der Waals surface area contributed by atoms with Gasteiger partial charge in [0.2, 0.25) is 11.8 Å². The van der Waals surface area contributed by atoms with E-state index in [4.69, 9.17) is 32.7 Å². The van der Waals surface area contributed by atoms with Crippen molar-refractivity contribution in [1.82, 2.24) is 4.90 Å². The second-order valence-corrected chi connectivity index (χ2v) is 13.2. The summed E-state index contributed by atoms with van der Waals surface area (Å²) in [6, 6.07) is 9.95. The van der Waals surface area contributed by atoms with Crippen LogP contribution in [-0.4, -0.2) is 64.7 Å². The standard InChI is InChI=1S/C29H25Cl2IN2O7/c1-33-26(38)28(30)12-18-16(8-9-17-21(18)25(37)34(24(17)36)14-6-4-13(32)5-7-14)23(29(28,31)27(33)39)22-19(35)10-15(40-2)11-20(22)41-3/h4-8,10-11,17-18,21,23,35H,9,12H2,1-3H3. The first-order valence-electron chi connectivity index (χ1n) is 12.9. The number of nitrogens with zero attached hydrogens (tertiary/aromatic N) is 2. The number of aromatic hydroxyl groups is 1. The minimum atomic E-state index is -2.05. The Hall–Kier alpha value is -2.83. The lowest BCUT2D eigenvalue weighted by atomic mass is 9.56. The third-order valence-electron chi connectivity index (χ3n) is 8.94. The van der Waals surface area contributed by atoms with Gasteiger partial charge >= 0.3 is 0 Å². The van der Waals surface area contributed by atoms with Gasteiger partial charge in [0.25, 0.3) is 11.8 Å². The number of halogens is 3.